The van der Waals surface area contributed by atoms with Gasteiger partial charge in [-0.05, 0) is 18.2 Å². The van der Waals surface area contributed by atoms with Crippen molar-refractivity contribution in [2.45, 2.75) is 6.18 Å². The van der Waals surface area contributed by atoms with Gasteiger partial charge in [0.25, 0.3) is 0 Å². The van der Waals surface area contributed by atoms with Gasteiger partial charge in [0.05, 0.1) is 23.3 Å². The first kappa shape index (κ1) is 12.1. The zero-order valence-corrected chi connectivity index (χ0v) is 8.85. The predicted molar refractivity (Wildman–Crippen MR) is 56.3 cm³/mol. The van der Waals surface area contributed by atoms with Gasteiger partial charge in [0, 0.05) is 12.4 Å². The number of carbonyl (C=O) groups excluding carboxylic acids is 1. The van der Waals surface area contributed by atoms with E-state index in [0.717, 1.165) is 6.07 Å². The molecule has 7 heteroatoms. The molecule has 0 aliphatic rings. The number of nitrogens with zero attached hydrogens (tertiary/aromatic N) is 3. The van der Waals surface area contributed by atoms with Crippen LogP contribution in [0.3, 0.4) is 0 Å². The lowest BCUT2D eigenvalue weighted by molar-refractivity contribution is -0.137. The van der Waals surface area contributed by atoms with Crippen LogP contribution in [0.1, 0.15) is 5.56 Å². The van der Waals surface area contributed by atoms with E-state index in [1.54, 1.807) is 0 Å². The number of aliphatic imine (C=N–C) groups is 1. The molecule has 0 amide bonds. The molecule has 0 aliphatic carbocycles. The molecular weight excluding hydrogens is 247 g/mol. The second-order valence-electron chi connectivity index (χ2n) is 3.37. The number of alkyl halides is 3. The summed E-state index contributed by atoms with van der Waals surface area (Å²) >= 11 is 0. The summed E-state index contributed by atoms with van der Waals surface area (Å²) in [5.41, 5.74) is -1.07. The topological polar surface area (TPSA) is 47.2 Å². The number of rotatable bonds is 2. The highest BCUT2D eigenvalue weighted by Crippen LogP contribution is 2.36. The van der Waals surface area contributed by atoms with Crippen LogP contribution in [0.15, 0.2) is 41.9 Å². The Labute approximate surface area is 99.4 Å². The molecule has 1 heterocycles. The molecule has 2 aromatic rings. The Kier molecular flexibility index (Phi) is 2.99. The maximum Gasteiger partial charge on any atom is 0.418 e. The maximum atomic E-state index is 12.9. The Balaban J connectivity index is 2.63. The Morgan fingerprint density at radius 3 is 2.67 bits per heavy atom. The van der Waals surface area contributed by atoms with Crippen LogP contribution in [-0.2, 0) is 11.0 Å². The molecule has 0 atom stereocenters. The second kappa shape index (κ2) is 4.46. The summed E-state index contributed by atoms with van der Waals surface area (Å²) in [6.07, 6.45) is 0.684. The van der Waals surface area contributed by atoms with Crippen LogP contribution in [-0.4, -0.2) is 15.6 Å². The monoisotopic (exact) mass is 253 g/mol. The van der Waals surface area contributed by atoms with Crippen molar-refractivity contribution in [2.24, 2.45) is 4.99 Å². The van der Waals surface area contributed by atoms with E-state index in [0.29, 0.717) is 0 Å². The van der Waals surface area contributed by atoms with Crippen LogP contribution in [0.2, 0.25) is 0 Å². The SMILES string of the molecule is O=C=Nc1ccc(-n2ccnc2)c(C(F)(F)F)c1. The molecule has 0 saturated carbocycles. The number of halogens is 3. The molecule has 2 rings (SSSR count). The summed E-state index contributed by atoms with van der Waals surface area (Å²) in [5, 5.41) is 0. The van der Waals surface area contributed by atoms with Crippen molar-refractivity contribution in [3.8, 4) is 5.69 Å². The fraction of sp³-hybridized carbons (Fsp3) is 0.0909. The molecule has 0 bridgehead atoms. The molecule has 0 unspecified atom stereocenters. The van der Waals surface area contributed by atoms with E-state index < -0.39 is 11.7 Å². The molecule has 0 spiro atoms. The average molecular weight is 253 g/mol. The van der Waals surface area contributed by atoms with Crippen molar-refractivity contribution in [1.82, 2.24) is 9.55 Å². The van der Waals surface area contributed by atoms with E-state index in [4.69, 9.17) is 0 Å². The molecule has 0 saturated heterocycles. The van der Waals surface area contributed by atoms with Gasteiger partial charge in [-0.3, -0.25) is 0 Å². The van der Waals surface area contributed by atoms with Gasteiger partial charge < -0.3 is 4.57 Å². The van der Waals surface area contributed by atoms with Crippen LogP contribution in [0, 0.1) is 0 Å². The third-order valence-corrected chi connectivity index (χ3v) is 2.24. The highest BCUT2D eigenvalue weighted by atomic mass is 19.4. The highest BCUT2D eigenvalue weighted by molar-refractivity contribution is 5.56. The first-order valence-corrected chi connectivity index (χ1v) is 4.80. The summed E-state index contributed by atoms with van der Waals surface area (Å²) in [5.74, 6) is 0. The fourth-order valence-electron chi connectivity index (χ4n) is 1.50. The number of imidazole rings is 1. The van der Waals surface area contributed by atoms with Crippen LogP contribution in [0.25, 0.3) is 5.69 Å². The van der Waals surface area contributed by atoms with E-state index in [1.165, 1.54) is 41.5 Å². The largest absolute Gasteiger partial charge is 0.418 e. The van der Waals surface area contributed by atoms with E-state index in [9.17, 15) is 18.0 Å². The van der Waals surface area contributed by atoms with Gasteiger partial charge in [-0.1, -0.05) is 0 Å². The van der Waals surface area contributed by atoms with Gasteiger partial charge in [-0.15, -0.1) is 0 Å². The average Bonchev–Trinajstić information content (AvgIpc) is 2.81. The summed E-state index contributed by atoms with van der Waals surface area (Å²) in [7, 11) is 0. The molecule has 0 radical (unpaired) electrons. The first-order chi connectivity index (χ1) is 8.52. The zero-order chi connectivity index (χ0) is 13.2. The molecule has 1 aromatic heterocycles. The Morgan fingerprint density at radius 1 is 1.33 bits per heavy atom. The molecule has 18 heavy (non-hydrogen) atoms. The van der Waals surface area contributed by atoms with Crippen molar-refractivity contribution in [2.75, 3.05) is 0 Å². The summed E-state index contributed by atoms with van der Waals surface area (Å²) in [4.78, 5) is 16.9. The van der Waals surface area contributed by atoms with Crippen molar-refractivity contribution in [3.05, 3.63) is 42.5 Å². The lowest BCUT2D eigenvalue weighted by Gasteiger charge is -2.13. The quantitative estimate of drug-likeness (QED) is 0.610. The minimum absolute atomic E-state index is 0.0788. The lowest BCUT2D eigenvalue weighted by Crippen LogP contribution is -2.09. The van der Waals surface area contributed by atoms with Crippen molar-refractivity contribution in [3.63, 3.8) is 0 Å². The van der Waals surface area contributed by atoms with E-state index >= 15 is 0 Å². The number of hydrogen-bond donors (Lipinski definition) is 0. The van der Waals surface area contributed by atoms with Gasteiger partial charge >= 0.3 is 6.18 Å². The van der Waals surface area contributed by atoms with Gasteiger partial charge in [0.2, 0.25) is 6.08 Å². The Morgan fingerprint density at radius 2 is 2.11 bits per heavy atom. The zero-order valence-electron chi connectivity index (χ0n) is 8.85. The minimum atomic E-state index is -4.55. The molecule has 0 N–H and O–H groups in total. The number of benzene rings is 1. The Bertz CT molecular complexity index is 598. The number of hydrogen-bond acceptors (Lipinski definition) is 3. The van der Waals surface area contributed by atoms with E-state index in [1.807, 2.05) is 0 Å². The van der Waals surface area contributed by atoms with Crippen molar-refractivity contribution < 1.29 is 18.0 Å². The molecule has 92 valence electrons. The smallest absolute Gasteiger partial charge is 0.306 e. The van der Waals surface area contributed by atoms with Gasteiger partial charge in [-0.2, -0.15) is 18.2 Å². The lowest BCUT2D eigenvalue weighted by atomic mass is 10.1. The van der Waals surface area contributed by atoms with Gasteiger partial charge in [-0.25, -0.2) is 9.78 Å². The van der Waals surface area contributed by atoms with E-state index in [2.05, 4.69) is 9.98 Å². The van der Waals surface area contributed by atoms with Crippen LogP contribution in [0.4, 0.5) is 18.9 Å². The van der Waals surface area contributed by atoms with Gasteiger partial charge in [0.1, 0.15) is 0 Å². The summed E-state index contributed by atoms with van der Waals surface area (Å²) < 4.78 is 39.9. The van der Waals surface area contributed by atoms with Crippen LogP contribution >= 0.6 is 0 Å². The highest BCUT2D eigenvalue weighted by Gasteiger charge is 2.34. The first-order valence-electron chi connectivity index (χ1n) is 4.80. The normalized spacial score (nSPS) is 11.1. The standard InChI is InChI=1S/C11H6F3N3O/c12-11(13,14)9-5-8(16-7-18)1-2-10(9)17-4-3-15-6-17/h1-6H. The van der Waals surface area contributed by atoms with Crippen LogP contribution < -0.4 is 0 Å². The van der Waals surface area contributed by atoms with E-state index in [-0.39, 0.29) is 11.4 Å². The molecular formula is C11H6F3N3O. The third kappa shape index (κ3) is 2.31. The van der Waals surface area contributed by atoms with Gasteiger partial charge in [0.15, 0.2) is 0 Å². The fourth-order valence-corrected chi connectivity index (χ4v) is 1.50. The maximum absolute atomic E-state index is 12.9. The second-order valence-corrected chi connectivity index (χ2v) is 3.37. The summed E-state index contributed by atoms with van der Waals surface area (Å²) in [6, 6.07) is 3.32. The number of aromatic nitrogens is 2. The Hall–Kier alpha value is -2.40. The van der Waals surface area contributed by atoms with Crippen molar-refractivity contribution >= 4 is 11.8 Å². The predicted octanol–water partition coefficient (Wildman–Crippen LogP) is 2.86. The number of isocyanates is 1. The molecule has 0 fully saturated rings. The molecule has 1 aromatic carbocycles. The summed E-state index contributed by atoms with van der Waals surface area (Å²) in [6.45, 7) is 0. The molecule has 4 nitrogen and oxygen atoms in total. The molecule has 0 aliphatic heterocycles. The minimum Gasteiger partial charge on any atom is -0.306 e. The van der Waals surface area contributed by atoms with Crippen LogP contribution in [0.5, 0.6) is 0 Å². The van der Waals surface area contributed by atoms with Crippen molar-refractivity contribution in [1.29, 1.82) is 0 Å². The third-order valence-electron chi connectivity index (χ3n) is 2.24.